The van der Waals surface area contributed by atoms with Gasteiger partial charge in [0.15, 0.2) is 0 Å². The minimum absolute atomic E-state index is 0.0792. The van der Waals surface area contributed by atoms with Crippen molar-refractivity contribution in [2.24, 2.45) is 5.92 Å². The van der Waals surface area contributed by atoms with Crippen molar-refractivity contribution in [3.8, 4) is 0 Å². The lowest BCUT2D eigenvalue weighted by molar-refractivity contribution is 0.194. The summed E-state index contributed by atoms with van der Waals surface area (Å²) in [6.45, 7) is 4.75. The van der Waals surface area contributed by atoms with Crippen LogP contribution in [0.15, 0.2) is 24.3 Å². The fourth-order valence-electron chi connectivity index (χ4n) is 3.32. The molecule has 0 aromatic heterocycles. The molecule has 0 aliphatic heterocycles. The summed E-state index contributed by atoms with van der Waals surface area (Å²) in [4.78, 5) is 0. The molecule has 0 spiro atoms. The van der Waals surface area contributed by atoms with E-state index < -0.39 is 0 Å². The fourth-order valence-corrected chi connectivity index (χ4v) is 3.32. The Balaban J connectivity index is 2.15. The predicted molar refractivity (Wildman–Crippen MR) is 75.8 cm³/mol. The van der Waals surface area contributed by atoms with Crippen LogP contribution in [-0.4, -0.2) is 26.8 Å². The maximum Gasteiger partial charge on any atom is 0.123 e. The first-order valence-electron chi connectivity index (χ1n) is 7.15. The van der Waals surface area contributed by atoms with Crippen LogP contribution in [0.5, 0.6) is 0 Å². The molecule has 1 aromatic rings. The molecule has 2 rings (SSSR count). The molecule has 0 saturated heterocycles. The third-order valence-corrected chi connectivity index (χ3v) is 4.53. The molecular weight excluding hydrogens is 241 g/mol. The van der Waals surface area contributed by atoms with Gasteiger partial charge < -0.3 is 10.1 Å². The van der Waals surface area contributed by atoms with Gasteiger partial charge in [-0.05, 0) is 36.5 Å². The molecule has 2 nitrogen and oxygen atoms in total. The van der Waals surface area contributed by atoms with Crippen LogP contribution in [0.3, 0.4) is 0 Å². The summed E-state index contributed by atoms with van der Waals surface area (Å²) < 4.78 is 18.6. The zero-order chi connectivity index (χ0) is 13.7. The van der Waals surface area contributed by atoms with Crippen LogP contribution in [-0.2, 0) is 10.2 Å². The second kappa shape index (κ2) is 6.49. The van der Waals surface area contributed by atoms with Gasteiger partial charge in [0.1, 0.15) is 5.82 Å². The maximum absolute atomic E-state index is 13.5. The lowest BCUT2D eigenvalue weighted by atomic mass is 9.73. The van der Waals surface area contributed by atoms with Crippen LogP contribution in [0, 0.1) is 11.7 Å². The maximum atomic E-state index is 13.5. The van der Waals surface area contributed by atoms with Gasteiger partial charge in [-0.2, -0.15) is 0 Å². The van der Waals surface area contributed by atoms with Crippen LogP contribution >= 0.6 is 0 Å². The molecule has 1 N–H and O–H groups in total. The molecule has 0 bridgehead atoms. The first kappa shape index (κ1) is 14.5. The zero-order valence-electron chi connectivity index (χ0n) is 11.9. The van der Waals surface area contributed by atoms with Crippen LogP contribution in [0.1, 0.15) is 31.7 Å². The number of benzene rings is 1. The molecule has 0 radical (unpaired) electrons. The summed E-state index contributed by atoms with van der Waals surface area (Å²) >= 11 is 0. The average molecular weight is 265 g/mol. The first-order chi connectivity index (χ1) is 9.19. The molecule has 1 aliphatic carbocycles. The van der Waals surface area contributed by atoms with Crippen molar-refractivity contribution in [2.75, 3.05) is 26.8 Å². The van der Waals surface area contributed by atoms with Gasteiger partial charge in [-0.3, -0.25) is 0 Å². The fraction of sp³-hybridized carbons (Fsp3) is 0.625. The van der Waals surface area contributed by atoms with Crippen molar-refractivity contribution in [2.45, 2.75) is 31.6 Å². The summed E-state index contributed by atoms with van der Waals surface area (Å²) in [5.74, 6) is 0.456. The number of nitrogens with one attached hydrogen (secondary N) is 1. The Morgan fingerprint density at radius 3 is 2.95 bits per heavy atom. The largest absolute Gasteiger partial charge is 0.383 e. The van der Waals surface area contributed by atoms with Crippen LogP contribution in [0.2, 0.25) is 0 Å². The summed E-state index contributed by atoms with van der Waals surface area (Å²) in [5, 5.41) is 3.47. The van der Waals surface area contributed by atoms with E-state index in [1.54, 1.807) is 13.2 Å². The molecule has 1 aromatic carbocycles. The van der Waals surface area contributed by atoms with Gasteiger partial charge in [0, 0.05) is 25.6 Å². The highest BCUT2D eigenvalue weighted by atomic mass is 19.1. The van der Waals surface area contributed by atoms with Crippen molar-refractivity contribution >= 4 is 0 Å². The van der Waals surface area contributed by atoms with E-state index >= 15 is 0 Å². The molecule has 19 heavy (non-hydrogen) atoms. The Hall–Kier alpha value is -0.930. The van der Waals surface area contributed by atoms with Gasteiger partial charge in [-0.15, -0.1) is 0 Å². The first-order valence-corrected chi connectivity index (χ1v) is 7.15. The van der Waals surface area contributed by atoms with E-state index in [-0.39, 0.29) is 11.2 Å². The van der Waals surface area contributed by atoms with Crippen molar-refractivity contribution in [1.29, 1.82) is 0 Å². The quantitative estimate of drug-likeness (QED) is 0.798. The van der Waals surface area contributed by atoms with Gasteiger partial charge in [0.05, 0.1) is 6.61 Å². The standard InChI is InChI=1S/C16H24FNO/c1-13-5-4-8-16(13,12-18-9-10-19-2)14-6-3-7-15(17)11-14/h3,6-7,11,13,18H,4-5,8-10,12H2,1-2H3. The van der Waals surface area contributed by atoms with Crippen LogP contribution in [0.4, 0.5) is 4.39 Å². The number of rotatable bonds is 6. The van der Waals surface area contributed by atoms with E-state index in [9.17, 15) is 4.39 Å². The highest BCUT2D eigenvalue weighted by Crippen LogP contribution is 2.45. The minimum Gasteiger partial charge on any atom is -0.383 e. The SMILES string of the molecule is COCCNCC1(c2cccc(F)c2)CCCC1C. The van der Waals surface area contributed by atoms with Gasteiger partial charge in [-0.1, -0.05) is 25.5 Å². The topological polar surface area (TPSA) is 21.3 Å². The highest BCUT2D eigenvalue weighted by molar-refractivity contribution is 5.29. The van der Waals surface area contributed by atoms with Gasteiger partial charge in [0.25, 0.3) is 0 Å². The number of methoxy groups -OCH3 is 1. The van der Waals surface area contributed by atoms with Gasteiger partial charge in [0.2, 0.25) is 0 Å². The number of hydrogen-bond donors (Lipinski definition) is 1. The summed E-state index contributed by atoms with van der Waals surface area (Å²) in [7, 11) is 1.71. The third kappa shape index (κ3) is 3.15. The van der Waals surface area contributed by atoms with Gasteiger partial charge >= 0.3 is 0 Å². The number of ether oxygens (including phenoxy) is 1. The van der Waals surface area contributed by atoms with E-state index in [4.69, 9.17) is 4.74 Å². The van der Waals surface area contributed by atoms with E-state index in [1.165, 1.54) is 18.9 Å². The Bertz CT molecular complexity index is 409. The molecule has 1 saturated carbocycles. The van der Waals surface area contributed by atoms with Gasteiger partial charge in [-0.25, -0.2) is 4.39 Å². The predicted octanol–water partition coefficient (Wildman–Crippen LogP) is 3.12. The van der Waals surface area contributed by atoms with Crippen LogP contribution in [0.25, 0.3) is 0 Å². The third-order valence-electron chi connectivity index (χ3n) is 4.53. The normalized spacial score (nSPS) is 26.8. The summed E-state index contributed by atoms with van der Waals surface area (Å²) in [6, 6.07) is 7.13. The van der Waals surface area contributed by atoms with Crippen molar-refractivity contribution in [1.82, 2.24) is 5.32 Å². The average Bonchev–Trinajstić information content (AvgIpc) is 2.77. The van der Waals surface area contributed by atoms with Crippen molar-refractivity contribution in [3.05, 3.63) is 35.6 Å². The van der Waals surface area contributed by atoms with Crippen molar-refractivity contribution < 1.29 is 9.13 Å². The Kier molecular flexibility index (Phi) is 4.94. The lowest BCUT2D eigenvalue weighted by Crippen LogP contribution is -2.41. The molecule has 3 heteroatoms. The molecule has 1 aliphatic rings. The van der Waals surface area contributed by atoms with E-state index in [0.717, 1.165) is 25.1 Å². The lowest BCUT2D eigenvalue weighted by Gasteiger charge is -2.35. The molecule has 2 atom stereocenters. The molecule has 0 amide bonds. The second-order valence-electron chi connectivity index (χ2n) is 5.63. The minimum atomic E-state index is -0.132. The monoisotopic (exact) mass is 265 g/mol. The molecule has 2 unspecified atom stereocenters. The van der Waals surface area contributed by atoms with E-state index in [2.05, 4.69) is 18.3 Å². The second-order valence-corrected chi connectivity index (χ2v) is 5.63. The van der Waals surface area contributed by atoms with E-state index in [1.807, 2.05) is 6.07 Å². The van der Waals surface area contributed by atoms with Crippen molar-refractivity contribution in [3.63, 3.8) is 0 Å². The molecule has 0 heterocycles. The Morgan fingerprint density at radius 2 is 2.32 bits per heavy atom. The molecule has 106 valence electrons. The number of hydrogen-bond acceptors (Lipinski definition) is 2. The Morgan fingerprint density at radius 1 is 1.47 bits per heavy atom. The summed E-state index contributed by atoms with van der Waals surface area (Å²) in [5.41, 5.74) is 1.22. The smallest absolute Gasteiger partial charge is 0.123 e. The van der Waals surface area contributed by atoms with E-state index in [0.29, 0.717) is 12.5 Å². The molecule has 1 fully saturated rings. The highest BCUT2D eigenvalue weighted by Gasteiger charge is 2.41. The zero-order valence-corrected chi connectivity index (χ0v) is 11.9. The molecular formula is C16H24FNO. The summed E-state index contributed by atoms with van der Waals surface area (Å²) in [6.07, 6.45) is 3.59. The number of halogens is 1. The Labute approximate surface area is 115 Å². The van der Waals surface area contributed by atoms with Crippen LogP contribution < -0.4 is 5.32 Å².